The molecule has 1 amide bonds. The van der Waals surface area contributed by atoms with E-state index in [0.29, 0.717) is 29.5 Å². The Morgan fingerprint density at radius 1 is 0.833 bits per heavy atom. The van der Waals surface area contributed by atoms with Gasteiger partial charge in [0.1, 0.15) is 17.9 Å². The number of hydrogen-bond donors (Lipinski definition) is 2. The maximum Gasteiger partial charge on any atom is 0.231 e. The monoisotopic (exact) mass is 550 g/mol. The van der Waals surface area contributed by atoms with Gasteiger partial charge in [-0.3, -0.25) is 9.89 Å². The number of H-pyrrole nitrogens is 1. The minimum atomic E-state index is -0.140. The molecule has 0 aliphatic rings. The Labute approximate surface area is 241 Å². The zero-order valence-electron chi connectivity index (χ0n) is 22.6. The van der Waals surface area contributed by atoms with Crippen LogP contribution in [0.2, 0.25) is 0 Å². The summed E-state index contributed by atoms with van der Waals surface area (Å²) in [6.07, 6.45) is 1.89. The number of benzene rings is 5. The summed E-state index contributed by atoms with van der Waals surface area (Å²) >= 11 is 0. The van der Waals surface area contributed by atoms with E-state index in [-0.39, 0.29) is 12.3 Å². The van der Waals surface area contributed by atoms with Crippen molar-refractivity contribution >= 4 is 33.5 Å². The third kappa shape index (κ3) is 5.23. The first-order valence-corrected chi connectivity index (χ1v) is 13.7. The smallest absolute Gasteiger partial charge is 0.231 e. The van der Waals surface area contributed by atoms with E-state index in [1.165, 1.54) is 0 Å². The highest BCUT2D eigenvalue weighted by atomic mass is 16.5. The molecule has 42 heavy (non-hydrogen) atoms. The van der Waals surface area contributed by atoms with Crippen molar-refractivity contribution in [3.63, 3.8) is 0 Å². The highest BCUT2D eigenvalue weighted by Gasteiger charge is 2.17. The Morgan fingerprint density at radius 2 is 1.62 bits per heavy atom. The Kier molecular flexibility index (Phi) is 6.66. The Balaban J connectivity index is 1.09. The maximum absolute atomic E-state index is 13.1. The second-order valence-corrected chi connectivity index (χ2v) is 10.0. The number of hydrogen-bond acceptors (Lipinski definition) is 5. The summed E-state index contributed by atoms with van der Waals surface area (Å²) in [6.45, 7) is 0.435. The third-order valence-corrected chi connectivity index (χ3v) is 7.12. The van der Waals surface area contributed by atoms with E-state index in [1.54, 1.807) is 6.20 Å². The Bertz CT molecular complexity index is 1970. The number of rotatable bonds is 8. The van der Waals surface area contributed by atoms with Gasteiger partial charge in [-0.05, 0) is 46.7 Å². The normalized spacial score (nSPS) is 11.1. The van der Waals surface area contributed by atoms with Crippen LogP contribution in [-0.4, -0.2) is 21.1 Å². The Hall–Kier alpha value is -5.69. The zero-order valence-corrected chi connectivity index (χ0v) is 22.6. The van der Waals surface area contributed by atoms with Gasteiger partial charge in [-0.15, -0.1) is 0 Å². The molecule has 0 radical (unpaired) electrons. The van der Waals surface area contributed by atoms with Crippen LogP contribution >= 0.6 is 0 Å². The molecule has 0 aliphatic carbocycles. The molecule has 7 aromatic rings. The van der Waals surface area contributed by atoms with Crippen molar-refractivity contribution in [1.82, 2.24) is 15.2 Å². The lowest BCUT2D eigenvalue weighted by Crippen LogP contribution is -2.15. The van der Waals surface area contributed by atoms with Crippen LogP contribution in [0.4, 0.5) is 5.69 Å². The predicted molar refractivity (Wildman–Crippen MR) is 164 cm³/mol. The van der Waals surface area contributed by atoms with Gasteiger partial charge in [0.05, 0.1) is 23.9 Å². The third-order valence-electron chi connectivity index (χ3n) is 7.12. The van der Waals surface area contributed by atoms with Crippen LogP contribution in [0, 0.1) is 0 Å². The molecule has 2 heterocycles. The standard InChI is InChI=1S/C35H26N4O3/c40-33(20-26-13-6-7-16-31(26)41-22-23-9-2-1-3-10-23)37-28-15-8-14-27(17-28)34-29(21-36-39-34)35-38-30-18-24-11-4-5-12-25(24)19-32(30)42-35/h1-19,21H,20,22H2,(H,36,39)(H,37,40). The van der Waals surface area contributed by atoms with Crippen molar-refractivity contribution in [3.8, 4) is 28.5 Å². The minimum Gasteiger partial charge on any atom is -0.489 e. The van der Waals surface area contributed by atoms with Gasteiger partial charge >= 0.3 is 0 Å². The Morgan fingerprint density at radius 3 is 2.50 bits per heavy atom. The number of aromatic nitrogens is 3. The molecule has 0 bridgehead atoms. The molecule has 204 valence electrons. The van der Waals surface area contributed by atoms with Gasteiger partial charge in [-0.25, -0.2) is 4.98 Å². The number of oxazole rings is 1. The number of nitrogens with zero attached hydrogens (tertiary/aromatic N) is 2. The average molecular weight is 551 g/mol. The van der Waals surface area contributed by atoms with E-state index < -0.39 is 0 Å². The molecule has 0 aliphatic heterocycles. The minimum absolute atomic E-state index is 0.140. The lowest BCUT2D eigenvalue weighted by atomic mass is 10.1. The van der Waals surface area contributed by atoms with E-state index >= 15 is 0 Å². The van der Waals surface area contributed by atoms with Crippen molar-refractivity contribution in [2.45, 2.75) is 13.0 Å². The number of para-hydroxylation sites is 1. The number of anilines is 1. The summed E-state index contributed by atoms with van der Waals surface area (Å²) in [5.74, 6) is 1.03. The molecule has 7 rings (SSSR count). The van der Waals surface area contributed by atoms with E-state index in [1.807, 2.05) is 103 Å². The number of aromatic amines is 1. The van der Waals surface area contributed by atoms with Crippen molar-refractivity contribution in [2.24, 2.45) is 0 Å². The van der Waals surface area contributed by atoms with E-state index in [4.69, 9.17) is 14.1 Å². The molecule has 2 aromatic heterocycles. The highest BCUT2D eigenvalue weighted by Crippen LogP contribution is 2.34. The average Bonchev–Trinajstić information content (AvgIpc) is 3.67. The quantitative estimate of drug-likeness (QED) is 0.201. The number of carbonyl (C=O) groups excluding carboxylic acids is 1. The van der Waals surface area contributed by atoms with Gasteiger partial charge < -0.3 is 14.5 Å². The highest BCUT2D eigenvalue weighted by molar-refractivity contribution is 5.96. The van der Waals surface area contributed by atoms with Crippen LogP contribution in [0.5, 0.6) is 5.75 Å². The van der Waals surface area contributed by atoms with Crippen LogP contribution < -0.4 is 10.1 Å². The van der Waals surface area contributed by atoms with Gasteiger partial charge in [-0.1, -0.05) is 84.9 Å². The van der Waals surface area contributed by atoms with Crippen molar-refractivity contribution in [3.05, 3.63) is 133 Å². The molecular formula is C35H26N4O3. The second kappa shape index (κ2) is 11.1. The van der Waals surface area contributed by atoms with E-state index in [0.717, 1.165) is 44.2 Å². The number of nitrogens with one attached hydrogen (secondary N) is 2. The molecule has 7 nitrogen and oxygen atoms in total. The van der Waals surface area contributed by atoms with Crippen LogP contribution in [0.25, 0.3) is 44.6 Å². The molecule has 0 fully saturated rings. The molecule has 7 heteroatoms. The summed E-state index contributed by atoms with van der Waals surface area (Å²) in [5, 5.41) is 12.6. The van der Waals surface area contributed by atoms with E-state index in [2.05, 4.69) is 27.6 Å². The largest absolute Gasteiger partial charge is 0.489 e. The van der Waals surface area contributed by atoms with Gasteiger partial charge in [-0.2, -0.15) is 5.10 Å². The number of amides is 1. The van der Waals surface area contributed by atoms with Crippen molar-refractivity contribution in [1.29, 1.82) is 0 Å². The summed E-state index contributed by atoms with van der Waals surface area (Å²) in [6, 6.07) is 37.3. The first-order chi connectivity index (χ1) is 20.7. The zero-order chi connectivity index (χ0) is 28.3. The van der Waals surface area contributed by atoms with Crippen LogP contribution in [0.1, 0.15) is 11.1 Å². The molecule has 5 aromatic carbocycles. The second-order valence-electron chi connectivity index (χ2n) is 10.0. The number of ether oxygens (including phenoxy) is 1. The summed E-state index contributed by atoms with van der Waals surface area (Å²) in [7, 11) is 0. The topological polar surface area (TPSA) is 93.0 Å². The van der Waals surface area contributed by atoms with E-state index in [9.17, 15) is 4.79 Å². The molecule has 0 unspecified atom stereocenters. The lowest BCUT2D eigenvalue weighted by molar-refractivity contribution is -0.115. The summed E-state index contributed by atoms with van der Waals surface area (Å²) in [4.78, 5) is 17.8. The summed E-state index contributed by atoms with van der Waals surface area (Å²) < 4.78 is 12.2. The van der Waals surface area contributed by atoms with Gasteiger partial charge in [0.2, 0.25) is 11.8 Å². The lowest BCUT2D eigenvalue weighted by Gasteiger charge is -2.12. The van der Waals surface area contributed by atoms with Gasteiger partial charge in [0, 0.05) is 16.8 Å². The van der Waals surface area contributed by atoms with Gasteiger partial charge in [0.15, 0.2) is 5.58 Å². The fraction of sp³-hybridized carbons (Fsp3) is 0.0571. The van der Waals surface area contributed by atoms with Crippen LogP contribution in [0.3, 0.4) is 0 Å². The molecule has 0 spiro atoms. The molecule has 0 saturated carbocycles. The fourth-order valence-corrected chi connectivity index (χ4v) is 5.05. The molecule has 2 N–H and O–H groups in total. The SMILES string of the molecule is O=C(Cc1ccccc1OCc1ccccc1)Nc1cccc(-c2[nH]ncc2-c2nc3cc4ccccc4cc3o2)c1. The van der Waals surface area contributed by atoms with Gasteiger partial charge in [0.25, 0.3) is 0 Å². The fourth-order valence-electron chi connectivity index (χ4n) is 5.05. The molecular weight excluding hydrogens is 524 g/mol. The van der Waals surface area contributed by atoms with Crippen molar-refractivity contribution in [2.75, 3.05) is 5.32 Å². The first kappa shape index (κ1) is 25.3. The maximum atomic E-state index is 13.1. The first-order valence-electron chi connectivity index (χ1n) is 13.7. The summed E-state index contributed by atoms with van der Waals surface area (Å²) in [5.41, 5.74) is 6.39. The number of carbonyl (C=O) groups is 1. The van der Waals surface area contributed by atoms with Crippen LogP contribution in [0.15, 0.2) is 126 Å². The predicted octanol–water partition coefficient (Wildman–Crippen LogP) is 7.80. The number of fused-ring (bicyclic) bond motifs is 2. The van der Waals surface area contributed by atoms with Crippen molar-refractivity contribution < 1.29 is 13.9 Å². The molecule has 0 saturated heterocycles. The van der Waals surface area contributed by atoms with Crippen LogP contribution in [-0.2, 0) is 17.8 Å². The molecule has 0 atom stereocenters.